The SMILES string of the molecule is C=CCCCOC(=O)[C@@H]1[C@H]2C(=O)N([C@@H](CO)Cc3ccccc3)C(C(=O)N(CC=C)c3cc(C)ccc3C)C23CC[C@H]1S3. The summed E-state index contributed by atoms with van der Waals surface area (Å²) in [5, 5.41) is 10.6. The number of benzene rings is 2. The minimum Gasteiger partial charge on any atom is -0.465 e. The molecule has 0 aliphatic carbocycles. The van der Waals surface area contributed by atoms with Gasteiger partial charge in [-0.05, 0) is 68.7 Å². The van der Waals surface area contributed by atoms with E-state index >= 15 is 0 Å². The number of amides is 2. The number of hydrogen-bond acceptors (Lipinski definition) is 6. The van der Waals surface area contributed by atoms with Crippen molar-refractivity contribution in [2.75, 3.05) is 24.7 Å². The number of aliphatic hydroxyl groups is 1. The number of anilines is 1. The van der Waals surface area contributed by atoms with E-state index in [0.29, 0.717) is 19.3 Å². The summed E-state index contributed by atoms with van der Waals surface area (Å²) in [7, 11) is 0. The zero-order chi connectivity index (χ0) is 30.7. The molecule has 2 amide bonds. The van der Waals surface area contributed by atoms with Crippen LogP contribution >= 0.6 is 11.8 Å². The molecule has 2 aromatic rings. The van der Waals surface area contributed by atoms with Crippen LogP contribution in [0.4, 0.5) is 5.69 Å². The number of allylic oxidation sites excluding steroid dienone is 1. The highest BCUT2D eigenvalue weighted by Crippen LogP contribution is 2.67. The molecule has 2 aromatic carbocycles. The topological polar surface area (TPSA) is 87.1 Å². The predicted octanol–water partition coefficient (Wildman–Crippen LogP) is 5.03. The maximum Gasteiger partial charge on any atom is 0.310 e. The highest BCUT2D eigenvalue weighted by atomic mass is 32.2. The average molecular weight is 603 g/mol. The second-order valence-electron chi connectivity index (χ2n) is 12.0. The van der Waals surface area contributed by atoms with Crippen molar-refractivity contribution in [1.29, 1.82) is 0 Å². The molecule has 3 aliphatic heterocycles. The zero-order valence-corrected chi connectivity index (χ0v) is 25.9. The Balaban J connectivity index is 1.57. The largest absolute Gasteiger partial charge is 0.465 e. The summed E-state index contributed by atoms with van der Waals surface area (Å²) in [6.45, 7) is 11.9. The number of aryl methyl sites for hydroxylation is 2. The second-order valence-corrected chi connectivity index (χ2v) is 13.6. The molecule has 1 spiro atoms. The number of nitrogens with zero attached hydrogens (tertiary/aromatic N) is 2. The van der Waals surface area contributed by atoms with Crippen LogP contribution < -0.4 is 4.90 Å². The van der Waals surface area contributed by atoms with Gasteiger partial charge in [0, 0.05) is 17.5 Å². The average Bonchev–Trinajstić information content (AvgIpc) is 3.66. The maximum absolute atomic E-state index is 14.9. The van der Waals surface area contributed by atoms with Crippen LogP contribution in [0.25, 0.3) is 0 Å². The summed E-state index contributed by atoms with van der Waals surface area (Å²) in [5.41, 5.74) is 3.70. The van der Waals surface area contributed by atoms with Gasteiger partial charge in [-0.1, -0.05) is 54.6 Å². The lowest BCUT2D eigenvalue weighted by molar-refractivity contribution is -0.154. The van der Waals surface area contributed by atoms with Crippen molar-refractivity contribution in [2.45, 2.75) is 68.0 Å². The monoisotopic (exact) mass is 602 g/mol. The van der Waals surface area contributed by atoms with Crippen molar-refractivity contribution in [3.63, 3.8) is 0 Å². The molecule has 0 aromatic heterocycles. The smallest absolute Gasteiger partial charge is 0.310 e. The molecule has 0 radical (unpaired) electrons. The first-order valence-corrected chi connectivity index (χ1v) is 16.1. The van der Waals surface area contributed by atoms with E-state index in [4.69, 9.17) is 4.74 Å². The molecular weight excluding hydrogens is 560 g/mol. The number of fused-ring (bicyclic) bond motifs is 1. The Kier molecular flexibility index (Phi) is 9.47. The fourth-order valence-electron chi connectivity index (χ4n) is 7.26. The molecule has 228 valence electrons. The normalized spacial score (nSPS) is 26.2. The molecule has 2 unspecified atom stereocenters. The van der Waals surface area contributed by atoms with Crippen LogP contribution in [0.15, 0.2) is 73.8 Å². The van der Waals surface area contributed by atoms with Crippen LogP contribution in [0.2, 0.25) is 0 Å². The molecule has 3 aliphatic rings. The first-order chi connectivity index (χ1) is 20.8. The summed E-state index contributed by atoms with van der Waals surface area (Å²) in [4.78, 5) is 46.4. The Hall–Kier alpha value is -3.36. The van der Waals surface area contributed by atoms with Crippen molar-refractivity contribution in [1.82, 2.24) is 4.90 Å². The third-order valence-electron chi connectivity index (χ3n) is 9.19. The molecule has 1 N–H and O–H groups in total. The minimum atomic E-state index is -0.848. The number of hydrogen-bond donors (Lipinski definition) is 1. The van der Waals surface area contributed by atoms with Crippen LogP contribution in [0.3, 0.4) is 0 Å². The Morgan fingerprint density at radius 3 is 2.65 bits per heavy atom. The lowest BCUT2D eigenvalue weighted by atomic mass is 9.71. The van der Waals surface area contributed by atoms with Gasteiger partial charge in [0.1, 0.15) is 6.04 Å². The lowest BCUT2D eigenvalue weighted by Crippen LogP contribution is -2.58. The molecule has 5 rings (SSSR count). The molecule has 8 heteroatoms. The standard InChI is InChI=1S/C35H42N2O5S/c1-5-7-11-19-42-34(41)29-28-16-17-35(43-28)30(29)32(39)37(26(22-38)21-25-12-9-8-10-13-25)31(35)33(40)36(18-6-2)27-20-23(3)14-15-24(27)4/h5-6,8-10,12-15,20,26,28-31,38H,1-2,7,11,16-19,21-22H2,3-4H3/t26-,28-,29+,30+,31?,35?/m1/s1. The first kappa shape index (κ1) is 31.1. The zero-order valence-electron chi connectivity index (χ0n) is 25.1. The molecule has 43 heavy (non-hydrogen) atoms. The lowest BCUT2D eigenvalue weighted by Gasteiger charge is -2.40. The summed E-state index contributed by atoms with van der Waals surface area (Å²) in [6.07, 6.45) is 6.67. The number of carbonyl (C=O) groups is 3. The van der Waals surface area contributed by atoms with E-state index in [1.165, 1.54) is 0 Å². The Morgan fingerprint density at radius 2 is 1.95 bits per heavy atom. The van der Waals surface area contributed by atoms with Crippen LogP contribution in [0.5, 0.6) is 0 Å². The molecule has 2 bridgehead atoms. The number of rotatable bonds is 13. The summed E-state index contributed by atoms with van der Waals surface area (Å²) >= 11 is 1.61. The van der Waals surface area contributed by atoms with Gasteiger partial charge >= 0.3 is 5.97 Å². The number of likely N-dealkylation sites (tertiary alicyclic amines) is 1. The fraction of sp³-hybridized carbons (Fsp3) is 0.457. The third kappa shape index (κ3) is 5.67. The minimum absolute atomic E-state index is 0.0893. The fourth-order valence-corrected chi connectivity index (χ4v) is 9.45. The highest BCUT2D eigenvalue weighted by Gasteiger charge is 2.74. The molecule has 6 atom stereocenters. The van der Waals surface area contributed by atoms with E-state index in [1.54, 1.807) is 33.7 Å². The number of ether oxygens (including phenoxy) is 1. The van der Waals surface area contributed by atoms with Gasteiger partial charge in [0.05, 0.1) is 35.8 Å². The number of esters is 1. The van der Waals surface area contributed by atoms with E-state index < -0.39 is 28.7 Å². The van der Waals surface area contributed by atoms with E-state index in [9.17, 15) is 19.5 Å². The summed E-state index contributed by atoms with van der Waals surface area (Å²) in [5.74, 6) is -2.12. The second kappa shape index (κ2) is 13.1. The van der Waals surface area contributed by atoms with Crippen LogP contribution in [-0.4, -0.2) is 69.6 Å². The van der Waals surface area contributed by atoms with Gasteiger partial charge in [-0.2, -0.15) is 0 Å². The Labute approximate surface area is 259 Å². The van der Waals surface area contributed by atoms with Gasteiger partial charge in [0.25, 0.3) is 5.91 Å². The van der Waals surface area contributed by atoms with Crippen LogP contribution in [0.1, 0.15) is 42.4 Å². The molecule has 3 fully saturated rings. The van der Waals surface area contributed by atoms with Gasteiger partial charge in [0.15, 0.2) is 0 Å². The molecule has 3 saturated heterocycles. The summed E-state index contributed by atoms with van der Waals surface area (Å²) < 4.78 is 4.92. The van der Waals surface area contributed by atoms with Gasteiger partial charge in [0.2, 0.25) is 5.91 Å². The van der Waals surface area contributed by atoms with Crippen molar-refractivity contribution >= 4 is 35.2 Å². The highest BCUT2D eigenvalue weighted by molar-refractivity contribution is 8.02. The van der Waals surface area contributed by atoms with Crippen molar-refractivity contribution < 1.29 is 24.2 Å². The van der Waals surface area contributed by atoms with Crippen molar-refractivity contribution in [3.05, 3.63) is 90.5 Å². The third-order valence-corrected chi connectivity index (χ3v) is 11.1. The van der Waals surface area contributed by atoms with Gasteiger partial charge in [-0.3, -0.25) is 14.4 Å². The number of carbonyl (C=O) groups excluding carboxylic acids is 3. The quantitative estimate of drug-likeness (QED) is 0.197. The van der Waals surface area contributed by atoms with E-state index in [0.717, 1.165) is 35.2 Å². The van der Waals surface area contributed by atoms with E-state index in [1.807, 2.05) is 62.4 Å². The van der Waals surface area contributed by atoms with Gasteiger partial charge in [-0.25, -0.2) is 0 Å². The molecule has 3 heterocycles. The van der Waals surface area contributed by atoms with Crippen molar-refractivity contribution in [3.8, 4) is 0 Å². The van der Waals surface area contributed by atoms with Crippen molar-refractivity contribution in [2.24, 2.45) is 11.8 Å². The predicted molar refractivity (Wildman–Crippen MR) is 171 cm³/mol. The molecular formula is C35H42N2O5S. The number of aliphatic hydroxyl groups excluding tert-OH is 1. The van der Waals surface area contributed by atoms with Gasteiger partial charge in [-0.15, -0.1) is 24.9 Å². The van der Waals surface area contributed by atoms with Crippen LogP contribution in [0, 0.1) is 25.7 Å². The molecule has 0 saturated carbocycles. The first-order valence-electron chi connectivity index (χ1n) is 15.2. The van der Waals surface area contributed by atoms with Crippen LogP contribution in [-0.2, 0) is 25.5 Å². The summed E-state index contributed by atoms with van der Waals surface area (Å²) in [6, 6.07) is 14.2. The van der Waals surface area contributed by atoms with Gasteiger partial charge < -0.3 is 19.6 Å². The number of thioether (sulfide) groups is 1. The van der Waals surface area contributed by atoms with E-state index in [-0.39, 0.29) is 42.8 Å². The maximum atomic E-state index is 14.9. The molecule has 7 nitrogen and oxygen atoms in total. The Morgan fingerprint density at radius 1 is 1.19 bits per heavy atom. The number of unbranched alkanes of at least 4 members (excludes halogenated alkanes) is 1. The van der Waals surface area contributed by atoms with E-state index in [2.05, 4.69) is 13.2 Å². The Bertz CT molecular complexity index is 1380.